The number of nitrogens with zero attached hydrogens (tertiary/aromatic N) is 1. The standard InChI is InChI=1S/C16H30N2O3S/c1-12-8-13(2)10-18(9-12)14(19)11-22-7-6-17-15(20)21-16(3,4)5/h12-13H,6-11H2,1-5H3,(H,17,20). The number of alkyl carbamates (subject to hydrolysis) is 1. The molecule has 1 saturated heterocycles. The average Bonchev–Trinajstić information content (AvgIpc) is 2.34. The summed E-state index contributed by atoms with van der Waals surface area (Å²) in [5, 5.41) is 2.70. The summed E-state index contributed by atoms with van der Waals surface area (Å²) < 4.78 is 5.15. The molecule has 1 N–H and O–H groups in total. The van der Waals surface area contributed by atoms with Crippen molar-refractivity contribution in [3.63, 3.8) is 0 Å². The monoisotopic (exact) mass is 330 g/mol. The predicted molar refractivity (Wildman–Crippen MR) is 91.1 cm³/mol. The van der Waals surface area contributed by atoms with Gasteiger partial charge in [0.1, 0.15) is 5.60 Å². The van der Waals surface area contributed by atoms with Crippen LogP contribution in [-0.4, -0.2) is 53.6 Å². The third-order valence-electron chi connectivity index (χ3n) is 3.36. The number of hydrogen-bond donors (Lipinski definition) is 1. The molecular weight excluding hydrogens is 300 g/mol. The maximum Gasteiger partial charge on any atom is 0.407 e. The summed E-state index contributed by atoms with van der Waals surface area (Å²) in [4.78, 5) is 25.6. The van der Waals surface area contributed by atoms with Crippen LogP contribution in [0.3, 0.4) is 0 Å². The molecule has 0 saturated carbocycles. The van der Waals surface area contributed by atoms with Crippen molar-refractivity contribution in [3.8, 4) is 0 Å². The Kier molecular flexibility index (Phi) is 7.53. The number of ether oxygens (including phenoxy) is 1. The smallest absolute Gasteiger partial charge is 0.407 e. The van der Waals surface area contributed by atoms with Crippen LogP contribution in [0.1, 0.15) is 41.0 Å². The lowest BCUT2D eigenvalue weighted by molar-refractivity contribution is -0.130. The second-order valence-corrected chi connectivity index (χ2v) is 8.33. The van der Waals surface area contributed by atoms with Crippen LogP contribution in [0.15, 0.2) is 0 Å². The van der Waals surface area contributed by atoms with E-state index in [0.717, 1.165) is 13.1 Å². The van der Waals surface area contributed by atoms with E-state index in [1.54, 1.807) is 11.8 Å². The third-order valence-corrected chi connectivity index (χ3v) is 4.31. The molecule has 1 heterocycles. The van der Waals surface area contributed by atoms with E-state index in [-0.39, 0.29) is 5.91 Å². The van der Waals surface area contributed by atoms with E-state index in [1.807, 2.05) is 25.7 Å². The second-order valence-electron chi connectivity index (χ2n) is 7.23. The Balaban J connectivity index is 2.14. The summed E-state index contributed by atoms with van der Waals surface area (Å²) in [5.74, 6) is 2.58. The van der Waals surface area contributed by atoms with Crippen LogP contribution in [0.4, 0.5) is 4.79 Å². The van der Waals surface area contributed by atoms with Gasteiger partial charge in [0.25, 0.3) is 0 Å². The molecule has 0 aliphatic carbocycles. The molecule has 1 aliphatic heterocycles. The van der Waals surface area contributed by atoms with Crippen LogP contribution in [0.5, 0.6) is 0 Å². The van der Waals surface area contributed by atoms with Crippen LogP contribution >= 0.6 is 11.8 Å². The highest BCUT2D eigenvalue weighted by Gasteiger charge is 2.25. The molecular formula is C16H30N2O3S. The van der Waals surface area contributed by atoms with Gasteiger partial charge in [0.05, 0.1) is 5.75 Å². The first-order chi connectivity index (χ1) is 10.2. The van der Waals surface area contributed by atoms with Crippen LogP contribution in [-0.2, 0) is 9.53 Å². The zero-order chi connectivity index (χ0) is 16.8. The Hall–Kier alpha value is -0.910. The molecule has 0 aromatic carbocycles. The van der Waals surface area contributed by atoms with Gasteiger partial charge >= 0.3 is 6.09 Å². The molecule has 0 radical (unpaired) electrons. The molecule has 2 atom stereocenters. The number of hydrogen-bond acceptors (Lipinski definition) is 4. The highest BCUT2D eigenvalue weighted by atomic mass is 32.2. The zero-order valence-corrected chi connectivity index (χ0v) is 15.3. The third kappa shape index (κ3) is 7.92. The average molecular weight is 330 g/mol. The normalized spacial score (nSPS) is 22.3. The minimum absolute atomic E-state index is 0.209. The molecule has 5 nitrogen and oxygen atoms in total. The van der Waals surface area contributed by atoms with Gasteiger partial charge in [-0.1, -0.05) is 13.8 Å². The maximum atomic E-state index is 12.2. The molecule has 2 amide bonds. The molecule has 0 bridgehead atoms. The number of carbonyl (C=O) groups excluding carboxylic acids is 2. The van der Waals surface area contributed by atoms with Crippen molar-refractivity contribution >= 4 is 23.8 Å². The Morgan fingerprint density at radius 2 is 1.82 bits per heavy atom. The number of nitrogens with one attached hydrogen (secondary N) is 1. The number of carbonyl (C=O) groups is 2. The first kappa shape index (κ1) is 19.1. The van der Waals surface area contributed by atoms with Crippen molar-refractivity contribution in [2.75, 3.05) is 31.1 Å². The van der Waals surface area contributed by atoms with Crippen LogP contribution in [0, 0.1) is 11.8 Å². The van der Waals surface area contributed by atoms with E-state index in [1.165, 1.54) is 6.42 Å². The molecule has 1 rings (SSSR count). The van der Waals surface area contributed by atoms with E-state index in [0.29, 0.717) is 29.9 Å². The van der Waals surface area contributed by atoms with Gasteiger partial charge in [0, 0.05) is 25.4 Å². The molecule has 1 fully saturated rings. The van der Waals surface area contributed by atoms with Gasteiger partial charge in [0.15, 0.2) is 0 Å². The topological polar surface area (TPSA) is 58.6 Å². The summed E-state index contributed by atoms with van der Waals surface area (Å²) in [6.07, 6.45) is 0.801. The summed E-state index contributed by atoms with van der Waals surface area (Å²) in [6.45, 7) is 12.2. The quantitative estimate of drug-likeness (QED) is 0.788. The van der Waals surface area contributed by atoms with Gasteiger partial charge in [-0.15, -0.1) is 0 Å². The lowest BCUT2D eigenvalue weighted by atomic mass is 9.92. The van der Waals surface area contributed by atoms with Crippen LogP contribution < -0.4 is 5.32 Å². The predicted octanol–water partition coefficient (Wildman–Crippen LogP) is 2.75. The van der Waals surface area contributed by atoms with Gasteiger partial charge in [0.2, 0.25) is 5.91 Å². The largest absolute Gasteiger partial charge is 0.444 e. The molecule has 1 aliphatic rings. The van der Waals surface area contributed by atoms with E-state index >= 15 is 0 Å². The van der Waals surface area contributed by atoms with Crippen molar-refractivity contribution in [2.24, 2.45) is 11.8 Å². The van der Waals surface area contributed by atoms with E-state index in [2.05, 4.69) is 19.2 Å². The lowest BCUT2D eigenvalue weighted by Crippen LogP contribution is -2.43. The zero-order valence-electron chi connectivity index (χ0n) is 14.5. The van der Waals surface area contributed by atoms with Crippen molar-refractivity contribution in [1.29, 1.82) is 0 Å². The Morgan fingerprint density at radius 1 is 1.23 bits per heavy atom. The molecule has 22 heavy (non-hydrogen) atoms. The van der Waals surface area contributed by atoms with Crippen molar-refractivity contribution in [2.45, 2.75) is 46.6 Å². The Bertz CT molecular complexity index is 372. The van der Waals surface area contributed by atoms with Crippen molar-refractivity contribution < 1.29 is 14.3 Å². The van der Waals surface area contributed by atoms with E-state index < -0.39 is 11.7 Å². The van der Waals surface area contributed by atoms with Gasteiger partial charge in [-0.05, 0) is 39.0 Å². The highest BCUT2D eigenvalue weighted by molar-refractivity contribution is 7.99. The molecule has 128 valence electrons. The summed E-state index contributed by atoms with van der Waals surface area (Å²) in [7, 11) is 0. The number of likely N-dealkylation sites (tertiary alicyclic amines) is 1. The number of piperidine rings is 1. The maximum absolute atomic E-state index is 12.2. The van der Waals surface area contributed by atoms with Gasteiger partial charge in [-0.25, -0.2) is 4.79 Å². The summed E-state index contributed by atoms with van der Waals surface area (Å²) >= 11 is 1.56. The lowest BCUT2D eigenvalue weighted by Gasteiger charge is -2.35. The minimum atomic E-state index is -0.477. The molecule has 2 unspecified atom stereocenters. The van der Waals surface area contributed by atoms with Crippen LogP contribution in [0.2, 0.25) is 0 Å². The summed E-state index contributed by atoms with van der Waals surface area (Å²) in [6, 6.07) is 0. The minimum Gasteiger partial charge on any atom is -0.444 e. The first-order valence-electron chi connectivity index (χ1n) is 7.99. The Morgan fingerprint density at radius 3 is 2.36 bits per heavy atom. The first-order valence-corrected chi connectivity index (χ1v) is 9.15. The van der Waals surface area contributed by atoms with Crippen LogP contribution in [0.25, 0.3) is 0 Å². The molecule has 0 aromatic heterocycles. The number of rotatable bonds is 5. The van der Waals surface area contributed by atoms with Gasteiger partial charge in [-0.3, -0.25) is 4.79 Å². The number of thioether (sulfide) groups is 1. The van der Waals surface area contributed by atoms with Gasteiger partial charge < -0.3 is 15.0 Å². The second kappa shape index (κ2) is 8.65. The molecule has 6 heteroatoms. The molecule has 0 aromatic rings. The number of amides is 2. The highest BCUT2D eigenvalue weighted by Crippen LogP contribution is 2.21. The molecule has 0 spiro atoms. The van der Waals surface area contributed by atoms with E-state index in [4.69, 9.17) is 4.74 Å². The van der Waals surface area contributed by atoms with Gasteiger partial charge in [-0.2, -0.15) is 11.8 Å². The fraction of sp³-hybridized carbons (Fsp3) is 0.875. The van der Waals surface area contributed by atoms with E-state index in [9.17, 15) is 9.59 Å². The summed E-state index contributed by atoms with van der Waals surface area (Å²) in [5.41, 5.74) is -0.477. The SMILES string of the molecule is CC1CC(C)CN(C(=O)CSCCNC(=O)OC(C)(C)C)C1. The van der Waals surface area contributed by atoms with Crippen molar-refractivity contribution in [3.05, 3.63) is 0 Å². The Labute approximate surface area is 138 Å². The fourth-order valence-electron chi connectivity index (χ4n) is 2.66. The fourth-order valence-corrected chi connectivity index (χ4v) is 3.40. The van der Waals surface area contributed by atoms with Crippen molar-refractivity contribution in [1.82, 2.24) is 10.2 Å².